The molecule has 10 nitrogen and oxygen atoms in total. The molecule has 2 amide bonds. The summed E-state index contributed by atoms with van der Waals surface area (Å²) in [4.78, 5) is 35.3. The topological polar surface area (TPSA) is 114 Å². The van der Waals surface area contributed by atoms with Crippen LogP contribution in [0.3, 0.4) is 0 Å². The van der Waals surface area contributed by atoms with Crippen molar-refractivity contribution in [2.75, 3.05) is 24.3 Å². The van der Waals surface area contributed by atoms with Crippen molar-refractivity contribution in [3.8, 4) is 11.4 Å². The predicted octanol–water partition coefficient (Wildman–Crippen LogP) is 3.04. The second-order valence-corrected chi connectivity index (χ2v) is 9.92. The molecule has 2 aliphatic rings. The van der Waals surface area contributed by atoms with Crippen molar-refractivity contribution in [3.05, 3.63) is 29.0 Å². The first-order chi connectivity index (χ1) is 16.2. The molecule has 1 aliphatic carbocycles. The zero-order valence-corrected chi connectivity index (χ0v) is 21.0. The zero-order chi connectivity index (χ0) is 24.2. The van der Waals surface area contributed by atoms with Gasteiger partial charge in [-0.1, -0.05) is 6.92 Å². The third kappa shape index (κ3) is 3.67. The Kier molecular flexibility index (Phi) is 5.46. The van der Waals surface area contributed by atoms with Crippen molar-refractivity contribution in [2.24, 2.45) is 5.41 Å². The highest BCUT2D eigenvalue weighted by molar-refractivity contribution is 9.10. The van der Waals surface area contributed by atoms with E-state index in [4.69, 9.17) is 9.72 Å². The Morgan fingerprint density at radius 2 is 2.15 bits per heavy atom. The number of benzene rings is 1. The van der Waals surface area contributed by atoms with Crippen LogP contribution in [0.2, 0.25) is 0 Å². The minimum Gasteiger partial charge on any atom is -0.479 e. The molecular formula is C23H26BrN7O3. The van der Waals surface area contributed by atoms with Crippen LogP contribution in [0.1, 0.15) is 33.1 Å². The number of amides is 2. The number of carbonyl (C=O) groups excluding carboxylic acids is 2. The number of likely N-dealkylation sites (N-methyl/N-ethyl adjacent to an activating group) is 1. The molecule has 1 unspecified atom stereocenters. The number of aromatic nitrogens is 4. The van der Waals surface area contributed by atoms with Gasteiger partial charge in [-0.25, -0.2) is 9.67 Å². The number of hydrogen-bond donors (Lipinski definition) is 2. The summed E-state index contributed by atoms with van der Waals surface area (Å²) < 4.78 is 8.18. The Labute approximate surface area is 205 Å². The van der Waals surface area contributed by atoms with Crippen LogP contribution in [-0.2, 0) is 9.59 Å². The summed E-state index contributed by atoms with van der Waals surface area (Å²) in [7, 11) is 3.41. The Morgan fingerprint density at radius 1 is 1.35 bits per heavy atom. The maximum absolute atomic E-state index is 12.3. The summed E-state index contributed by atoms with van der Waals surface area (Å²) in [5.41, 5.74) is 1.70. The molecule has 178 valence electrons. The molecule has 2 aromatic heterocycles. The van der Waals surface area contributed by atoms with Gasteiger partial charge in [0.15, 0.2) is 11.8 Å². The van der Waals surface area contributed by atoms with Gasteiger partial charge in [-0.3, -0.25) is 9.59 Å². The first-order valence-electron chi connectivity index (χ1n) is 11.2. The quantitative estimate of drug-likeness (QED) is 0.535. The van der Waals surface area contributed by atoms with E-state index < -0.39 is 11.5 Å². The monoisotopic (exact) mass is 527 g/mol. The van der Waals surface area contributed by atoms with Crippen LogP contribution >= 0.6 is 15.9 Å². The van der Waals surface area contributed by atoms with Crippen LogP contribution in [0.4, 0.5) is 11.6 Å². The molecule has 1 saturated carbocycles. The normalized spacial score (nSPS) is 24.1. The maximum atomic E-state index is 12.3. The molecule has 5 rings (SSSR count). The second kappa shape index (κ2) is 8.23. The van der Waals surface area contributed by atoms with Gasteiger partial charge in [-0.05, 0) is 54.2 Å². The number of rotatable bonds is 4. The van der Waals surface area contributed by atoms with Crippen molar-refractivity contribution in [1.82, 2.24) is 25.1 Å². The molecule has 0 spiro atoms. The fourth-order valence-electron chi connectivity index (χ4n) is 4.81. The van der Waals surface area contributed by atoms with E-state index in [0.29, 0.717) is 34.1 Å². The molecule has 0 saturated heterocycles. The molecule has 1 aliphatic heterocycles. The summed E-state index contributed by atoms with van der Waals surface area (Å²) in [5, 5.41) is 11.5. The minimum absolute atomic E-state index is 0.0615. The van der Waals surface area contributed by atoms with Crippen LogP contribution in [0, 0.1) is 5.41 Å². The molecule has 0 radical (unpaired) electrons. The first kappa shape index (κ1) is 22.6. The maximum Gasteiger partial charge on any atom is 0.267 e. The summed E-state index contributed by atoms with van der Waals surface area (Å²) in [5.74, 6) is 1.07. The molecule has 0 bridgehead atoms. The SMILES string of the molecule is CNC(=O)[C@]1(C)CC[C@@H](Nc2ncc3c(Br)nn(-c4ccc5c(c4)OC(C)C(=O)N5C)c3n2)C1. The van der Waals surface area contributed by atoms with E-state index in [9.17, 15) is 9.59 Å². The van der Waals surface area contributed by atoms with Crippen LogP contribution in [0.25, 0.3) is 16.7 Å². The molecule has 3 aromatic rings. The number of nitrogens with one attached hydrogen (secondary N) is 2. The van der Waals surface area contributed by atoms with Gasteiger partial charge in [0.2, 0.25) is 11.9 Å². The van der Waals surface area contributed by atoms with Crippen LogP contribution in [0.15, 0.2) is 29.0 Å². The van der Waals surface area contributed by atoms with Crippen LogP contribution in [0.5, 0.6) is 5.75 Å². The molecular weight excluding hydrogens is 502 g/mol. The molecule has 1 aromatic carbocycles. The van der Waals surface area contributed by atoms with E-state index in [2.05, 4.69) is 36.6 Å². The summed E-state index contributed by atoms with van der Waals surface area (Å²) in [6.45, 7) is 3.73. The molecule has 11 heteroatoms. The van der Waals surface area contributed by atoms with Gasteiger partial charge < -0.3 is 20.3 Å². The lowest BCUT2D eigenvalue weighted by Crippen LogP contribution is -2.41. The van der Waals surface area contributed by atoms with Gasteiger partial charge in [0.25, 0.3) is 5.91 Å². The third-order valence-corrected chi connectivity index (χ3v) is 7.35. The highest BCUT2D eigenvalue weighted by Gasteiger charge is 2.41. The Morgan fingerprint density at radius 3 is 2.91 bits per heavy atom. The van der Waals surface area contributed by atoms with Crippen molar-refractivity contribution in [2.45, 2.75) is 45.3 Å². The summed E-state index contributed by atoms with van der Waals surface area (Å²) in [6.07, 6.45) is 3.55. The van der Waals surface area contributed by atoms with E-state index in [-0.39, 0.29) is 17.9 Å². The van der Waals surface area contributed by atoms with Crippen molar-refractivity contribution < 1.29 is 14.3 Å². The highest BCUT2D eigenvalue weighted by atomic mass is 79.9. The van der Waals surface area contributed by atoms with E-state index in [0.717, 1.165) is 23.9 Å². The number of nitrogens with zero attached hydrogens (tertiary/aromatic N) is 5. The third-order valence-electron chi connectivity index (χ3n) is 6.76. The smallest absolute Gasteiger partial charge is 0.267 e. The van der Waals surface area contributed by atoms with Crippen LogP contribution in [-0.4, -0.2) is 57.8 Å². The number of anilines is 2. The highest BCUT2D eigenvalue weighted by Crippen LogP contribution is 2.39. The largest absolute Gasteiger partial charge is 0.479 e. The zero-order valence-electron chi connectivity index (χ0n) is 19.4. The number of ether oxygens (including phenoxy) is 1. The van der Waals surface area contributed by atoms with Gasteiger partial charge in [0.1, 0.15) is 10.4 Å². The fourth-order valence-corrected chi connectivity index (χ4v) is 5.25. The molecule has 34 heavy (non-hydrogen) atoms. The van der Waals surface area contributed by atoms with Gasteiger partial charge in [-0.2, -0.15) is 10.1 Å². The summed E-state index contributed by atoms with van der Waals surface area (Å²) >= 11 is 3.51. The van der Waals surface area contributed by atoms with Gasteiger partial charge >= 0.3 is 0 Å². The second-order valence-electron chi connectivity index (χ2n) is 9.17. The molecule has 3 heterocycles. The van der Waals surface area contributed by atoms with Gasteiger partial charge in [-0.15, -0.1) is 0 Å². The Bertz CT molecular complexity index is 1310. The fraction of sp³-hybridized carbons (Fsp3) is 0.435. The van der Waals surface area contributed by atoms with E-state index in [1.54, 1.807) is 36.8 Å². The minimum atomic E-state index is -0.557. The van der Waals surface area contributed by atoms with E-state index >= 15 is 0 Å². The van der Waals surface area contributed by atoms with Crippen LogP contribution < -0.4 is 20.3 Å². The van der Waals surface area contributed by atoms with Crippen molar-refractivity contribution >= 4 is 50.4 Å². The van der Waals surface area contributed by atoms with E-state index in [1.807, 2.05) is 25.1 Å². The predicted molar refractivity (Wildman–Crippen MR) is 131 cm³/mol. The van der Waals surface area contributed by atoms with Crippen molar-refractivity contribution in [3.63, 3.8) is 0 Å². The standard InChI is InChI=1S/C23H26BrN7O3/c1-12-20(32)30(4)16-6-5-14(9-17(16)34-12)31-19-15(18(24)29-31)11-26-22(28-19)27-13-7-8-23(2,10-13)21(33)25-3/h5-6,9,11-13H,7-8,10H2,1-4H3,(H,25,33)(H,26,27,28)/t12?,13-,23-/m1/s1. The van der Waals surface area contributed by atoms with Gasteiger partial charge in [0.05, 0.1) is 16.8 Å². The van der Waals surface area contributed by atoms with Gasteiger partial charge in [0, 0.05) is 37.8 Å². The first-order valence-corrected chi connectivity index (χ1v) is 12.0. The molecule has 1 fully saturated rings. The number of halogens is 1. The summed E-state index contributed by atoms with van der Waals surface area (Å²) in [6, 6.07) is 5.68. The lowest BCUT2D eigenvalue weighted by molar-refractivity contribution is -0.129. The molecule has 2 N–H and O–H groups in total. The number of hydrogen-bond acceptors (Lipinski definition) is 7. The Hall–Kier alpha value is -3.21. The molecule has 3 atom stereocenters. The lowest BCUT2D eigenvalue weighted by atomic mass is 9.87. The van der Waals surface area contributed by atoms with E-state index in [1.165, 1.54) is 0 Å². The average Bonchev–Trinajstić information content (AvgIpc) is 3.37. The van der Waals surface area contributed by atoms with Crippen molar-refractivity contribution in [1.29, 1.82) is 0 Å². The average molecular weight is 528 g/mol. The Balaban J connectivity index is 1.46. The lowest BCUT2D eigenvalue weighted by Gasteiger charge is -2.30. The number of fused-ring (bicyclic) bond motifs is 2. The number of carbonyl (C=O) groups is 2.